The molecule has 2 fully saturated rings. The molecule has 0 spiro atoms. The molecule has 1 amide bonds. The summed E-state index contributed by atoms with van der Waals surface area (Å²) in [5.74, 6) is -0.175. The van der Waals surface area contributed by atoms with Gasteiger partial charge in [-0.2, -0.15) is 0 Å². The normalized spacial score (nSPS) is 22.3. The van der Waals surface area contributed by atoms with Gasteiger partial charge in [0.1, 0.15) is 5.82 Å². The van der Waals surface area contributed by atoms with Gasteiger partial charge in [0, 0.05) is 13.1 Å². The van der Waals surface area contributed by atoms with E-state index in [-0.39, 0.29) is 17.8 Å². The zero-order chi connectivity index (χ0) is 13.5. The lowest BCUT2D eigenvalue weighted by Crippen LogP contribution is -2.58. The highest BCUT2D eigenvalue weighted by Crippen LogP contribution is 2.43. The number of likely N-dealkylation sites (tertiary alicyclic amines) is 1. The van der Waals surface area contributed by atoms with Gasteiger partial charge in [0.25, 0.3) is 0 Å². The van der Waals surface area contributed by atoms with E-state index in [0.717, 1.165) is 31.2 Å². The number of aliphatic hydroxyl groups is 1. The summed E-state index contributed by atoms with van der Waals surface area (Å²) in [7, 11) is 0. The van der Waals surface area contributed by atoms with Crippen LogP contribution in [0.15, 0.2) is 24.3 Å². The average Bonchev–Trinajstić information content (AvgIpc) is 2.85. The fourth-order valence-electron chi connectivity index (χ4n) is 3.30. The molecule has 19 heavy (non-hydrogen) atoms. The third-order valence-electron chi connectivity index (χ3n) is 4.41. The van der Waals surface area contributed by atoms with Crippen LogP contribution in [0.25, 0.3) is 0 Å². The first-order valence-corrected chi connectivity index (χ1v) is 6.85. The number of aliphatic hydroxyl groups excluding tert-OH is 1. The van der Waals surface area contributed by atoms with Crippen molar-refractivity contribution in [3.8, 4) is 0 Å². The molecule has 1 aliphatic carbocycles. The molecule has 0 aromatic heterocycles. The van der Waals surface area contributed by atoms with Crippen molar-refractivity contribution in [1.82, 2.24) is 4.90 Å². The monoisotopic (exact) mass is 263 g/mol. The Kier molecular flexibility index (Phi) is 3.05. The van der Waals surface area contributed by atoms with E-state index in [4.69, 9.17) is 0 Å². The van der Waals surface area contributed by atoms with Crippen LogP contribution < -0.4 is 0 Å². The molecule has 1 aromatic carbocycles. The number of rotatable bonds is 2. The zero-order valence-electron chi connectivity index (χ0n) is 10.8. The highest BCUT2D eigenvalue weighted by atomic mass is 19.1. The second-order valence-electron chi connectivity index (χ2n) is 5.66. The lowest BCUT2D eigenvalue weighted by Gasteiger charge is -2.42. The molecular formula is C15H18FNO2. The van der Waals surface area contributed by atoms with Gasteiger partial charge in [-0.3, -0.25) is 4.79 Å². The minimum absolute atomic E-state index is 0.0990. The first-order chi connectivity index (χ1) is 9.12. The number of amides is 1. The van der Waals surface area contributed by atoms with E-state index < -0.39 is 5.41 Å². The van der Waals surface area contributed by atoms with E-state index in [1.54, 1.807) is 17.0 Å². The van der Waals surface area contributed by atoms with Crippen LogP contribution >= 0.6 is 0 Å². The van der Waals surface area contributed by atoms with Gasteiger partial charge in [-0.15, -0.1) is 0 Å². The largest absolute Gasteiger partial charge is 0.389 e. The van der Waals surface area contributed by atoms with Gasteiger partial charge in [-0.1, -0.05) is 25.0 Å². The van der Waals surface area contributed by atoms with Crippen molar-refractivity contribution in [2.75, 3.05) is 13.1 Å². The Morgan fingerprint density at radius 2 is 1.79 bits per heavy atom. The quantitative estimate of drug-likeness (QED) is 0.884. The third-order valence-corrected chi connectivity index (χ3v) is 4.41. The van der Waals surface area contributed by atoms with Gasteiger partial charge >= 0.3 is 0 Å². The first-order valence-electron chi connectivity index (χ1n) is 6.85. The van der Waals surface area contributed by atoms with Crippen LogP contribution in [0.5, 0.6) is 0 Å². The van der Waals surface area contributed by atoms with E-state index in [9.17, 15) is 14.3 Å². The Balaban J connectivity index is 1.90. The Bertz CT molecular complexity index is 473. The summed E-state index contributed by atoms with van der Waals surface area (Å²) in [5, 5.41) is 9.36. The molecule has 1 aliphatic heterocycles. The van der Waals surface area contributed by atoms with Gasteiger partial charge in [-0.25, -0.2) is 4.39 Å². The summed E-state index contributed by atoms with van der Waals surface area (Å²) in [6.07, 6.45) is 3.32. The Morgan fingerprint density at radius 1 is 1.21 bits per heavy atom. The maximum absolute atomic E-state index is 13.1. The second-order valence-corrected chi connectivity index (χ2v) is 5.66. The Hall–Kier alpha value is -1.42. The molecule has 4 heteroatoms. The highest BCUT2D eigenvalue weighted by Gasteiger charge is 2.47. The van der Waals surface area contributed by atoms with Gasteiger partial charge in [0.05, 0.1) is 11.5 Å². The van der Waals surface area contributed by atoms with E-state index in [2.05, 4.69) is 0 Å². The lowest BCUT2D eigenvalue weighted by molar-refractivity contribution is -0.147. The third kappa shape index (κ3) is 2.04. The minimum Gasteiger partial charge on any atom is -0.389 e. The van der Waals surface area contributed by atoms with Gasteiger partial charge in [-0.05, 0) is 30.5 Å². The molecule has 1 saturated carbocycles. The summed E-state index contributed by atoms with van der Waals surface area (Å²) < 4.78 is 13.1. The van der Waals surface area contributed by atoms with Crippen LogP contribution in [0.1, 0.15) is 31.2 Å². The molecule has 0 radical (unpaired) electrons. The molecule has 1 saturated heterocycles. The molecule has 1 N–H and O–H groups in total. The molecule has 1 heterocycles. The molecular weight excluding hydrogens is 245 g/mol. The maximum atomic E-state index is 13.1. The number of carbonyl (C=O) groups excluding carboxylic acids is 1. The van der Waals surface area contributed by atoms with Crippen LogP contribution in [-0.2, 0) is 10.2 Å². The number of β-amino-alcohol motifs (C(OH)–C–C–N with tert-alkyl or cyclic N) is 1. The SMILES string of the molecule is O=C(N1CC(O)C1)C1(c2ccc(F)cc2)CCCC1. The first kappa shape index (κ1) is 12.6. The van der Waals surface area contributed by atoms with E-state index in [1.807, 2.05) is 0 Å². The standard InChI is InChI=1S/C15H18FNO2/c16-12-5-3-11(4-6-12)15(7-1-2-8-15)14(19)17-9-13(18)10-17/h3-6,13,18H,1-2,7-10H2. The predicted molar refractivity (Wildman–Crippen MR) is 69.1 cm³/mol. The fourth-order valence-corrected chi connectivity index (χ4v) is 3.30. The smallest absolute Gasteiger partial charge is 0.233 e. The number of hydrogen-bond donors (Lipinski definition) is 1. The molecule has 3 nitrogen and oxygen atoms in total. The summed E-state index contributed by atoms with van der Waals surface area (Å²) in [4.78, 5) is 14.4. The van der Waals surface area contributed by atoms with E-state index in [1.165, 1.54) is 12.1 Å². The van der Waals surface area contributed by atoms with Crippen LogP contribution in [0.3, 0.4) is 0 Å². The average molecular weight is 263 g/mol. The number of hydrogen-bond acceptors (Lipinski definition) is 2. The van der Waals surface area contributed by atoms with Crippen molar-refractivity contribution < 1.29 is 14.3 Å². The van der Waals surface area contributed by atoms with Crippen LogP contribution in [0.4, 0.5) is 4.39 Å². The predicted octanol–water partition coefficient (Wildman–Crippen LogP) is 1.84. The topological polar surface area (TPSA) is 40.5 Å². The Labute approximate surface area is 112 Å². The van der Waals surface area contributed by atoms with Crippen LogP contribution in [0.2, 0.25) is 0 Å². The molecule has 3 rings (SSSR count). The second kappa shape index (κ2) is 4.60. The van der Waals surface area contributed by atoms with Crippen molar-refractivity contribution in [3.05, 3.63) is 35.6 Å². The van der Waals surface area contributed by atoms with Crippen molar-refractivity contribution >= 4 is 5.91 Å². The lowest BCUT2D eigenvalue weighted by atomic mass is 9.77. The summed E-state index contributed by atoms with van der Waals surface area (Å²) >= 11 is 0. The number of carbonyl (C=O) groups is 1. The highest BCUT2D eigenvalue weighted by molar-refractivity contribution is 5.89. The summed E-state index contributed by atoms with van der Waals surface area (Å²) in [6.45, 7) is 0.865. The molecule has 1 aromatic rings. The Morgan fingerprint density at radius 3 is 2.32 bits per heavy atom. The van der Waals surface area contributed by atoms with Crippen LogP contribution in [-0.4, -0.2) is 35.1 Å². The molecule has 2 aliphatic rings. The van der Waals surface area contributed by atoms with Crippen LogP contribution in [0, 0.1) is 5.82 Å². The fraction of sp³-hybridized carbons (Fsp3) is 0.533. The van der Waals surface area contributed by atoms with E-state index >= 15 is 0 Å². The van der Waals surface area contributed by atoms with Crippen molar-refractivity contribution in [2.45, 2.75) is 37.2 Å². The molecule has 102 valence electrons. The number of nitrogens with zero attached hydrogens (tertiary/aromatic N) is 1. The van der Waals surface area contributed by atoms with Gasteiger partial charge in [0.2, 0.25) is 5.91 Å². The van der Waals surface area contributed by atoms with Crippen molar-refractivity contribution in [1.29, 1.82) is 0 Å². The molecule has 0 bridgehead atoms. The summed E-state index contributed by atoms with van der Waals surface area (Å²) in [5.41, 5.74) is 0.422. The van der Waals surface area contributed by atoms with Gasteiger partial charge < -0.3 is 10.0 Å². The van der Waals surface area contributed by atoms with Crippen molar-refractivity contribution in [3.63, 3.8) is 0 Å². The number of halogens is 1. The van der Waals surface area contributed by atoms with E-state index in [0.29, 0.717) is 13.1 Å². The summed E-state index contributed by atoms with van der Waals surface area (Å²) in [6, 6.07) is 6.31. The minimum atomic E-state index is -0.492. The molecule has 0 atom stereocenters. The maximum Gasteiger partial charge on any atom is 0.233 e. The number of benzene rings is 1. The van der Waals surface area contributed by atoms with Gasteiger partial charge in [0.15, 0.2) is 0 Å². The molecule has 0 unspecified atom stereocenters. The zero-order valence-corrected chi connectivity index (χ0v) is 10.8. The van der Waals surface area contributed by atoms with Crippen molar-refractivity contribution in [2.24, 2.45) is 0 Å².